The molecule has 0 radical (unpaired) electrons. The summed E-state index contributed by atoms with van der Waals surface area (Å²) in [4.78, 5) is 32.9. The highest BCUT2D eigenvalue weighted by Gasteiger charge is 2.13. The van der Waals surface area contributed by atoms with Crippen molar-refractivity contribution in [3.05, 3.63) is 77.1 Å². The largest absolute Gasteiger partial charge is 0.324 e. The number of carbonyl (C=O) groups is 2. The topological polar surface area (TPSA) is 84.0 Å². The number of rotatable bonds is 6. The van der Waals surface area contributed by atoms with Crippen LogP contribution in [0.4, 0.5) is 17.3 Å². The number of hydrogen-bond acceptors (Lipinski definition) is 5. The van der Waals surface area contributed by atoms with Crippen molar-refractivity contribution in [3.63, 3.8) is 0 Å². The third-order valence-corrected chi connectivity index (χ3v) is 4.26. The number of nitrogens with one attached hydrogen (secondary N) is 2. The van der Waals surface area contributed by atoms with Crippen molar-refractivity contribution in [1.82, 2.24) is 9.97 Å². The summed E-state index contributed by atoms with van der Waals surface area (Å²) in [6.07, 6.45) is 0.818. The number of aromatic nitrogens is 2. The molecule has 0 spiro atoms. The lowest BCUT2D eigenvalue weighted by Crippen LogP contribution is -2.16. The number of aryl methyl sites for hydroxylation is 2. The fourth-order valence-corrected chi connectivity index (χ4v) is 2.82. The standard InChI is InChI=1S/C22H22N4O2/c1-4-16-8-5-6-11-19(16)25-21(28)20-12-14(2)23-22(26-20)24-18-10-7-9-17(13-18)15(3)27/h5-13H,4H2,1-3H3,(H,25,28)(H,23,24,26). The Morgan fingerprint density at radius 2 is 1.79 bits per heavy atom. The summed E-state index contributed by atoms with van der Waals surface area (Å²) in [5.74, 6) is -0.0231. The predicted molar refractivity (Wildman–Crippen MR) is 110 cm³/mol. The molecule has 0 fully saturated rings. The predicted octanol–water partition coefficient (Wildman–Crippen LogP) is 4.55. The molecular weight excluding hydrogens is 352 g/mol. The van der Waals surface area contributed by atoms with E-state index in [1.54, 1.807) is 31.2 Å². The summed E-state index contributed by atoms with van der Waals surface area (Å²) < 4.78 is 0. The van der Waals surface area contributed by atoms with Gasteiger partial charge in [-0.25, -0.2) is 9.97 Å². The number of nitrogens with zero attached hydrogens (tertiary/aromatic N) is 2. The molecule has 2 N–H and O–H groups in total. The Bertz CT molecular complexity index is 1030. The first-order valence-corrected chi connectivity index (χ1v) is 9.09. The molecular formula is C22H22N4O2. The number of anilines is 3. The smallest absolute Gasteiger partial charge is 0.274 e. The lowest BCUT2D eigenvalue weighted by molar-refractivity contribution is 0.101. The Kier molecular flexibility index (Phi) is 5.79. The first-order chi connectivity index (χ1) is 13.5. The van der Waals surface area contributed by atoms with E-state index in [1.165, 1.54) is 6.92 Å². The van der Waals surface area contributed by atoms with Crippen molar-refractivity contribution < 1.29 is 9.59 Å². The molecule has 0 saturated carbocycles. The summed E-state index contributed by atoms with van der Waals surface area (Å²) in [5, 5.41) is 5.99. The average Bonchev–Trinajstić information content (AvgIpc) is 2.68. The van der Waals surface area contributed by atoms with Gasteiger partial charge < -0.3 is 10.6 Å². The van der Waals surface area contributed by atoms with Gasteiger partial charge in [-0.1, -0.05) is 37.3 Å². The van der Waals surface area contributed by atoms with E-state index in [2.05, 4.69) is 20.6 Å². The number of ketones is 1. The van der Waals surface area contributed by atoms with Gasteiger partial charge in [0.1, 0.15) is 5.69 Å². The molecule has 1 amide bonds. The number of hydrogen-bond donors (Lipinski definition) is 2. The Hall–Kier alpha value is -3.54. The van der Waals surface area contributed by atoms with Crippen molar-refractivity contribution >= 4 is 29.0 Å². The molecule has 0 saturated heterocycles. The van der Waals surface area contributed by atoms with E-state index in [9.17, 15) is 9.59 Å². The van der Waals surface area contributed by atoms with E-state index in [4.69, 9.17) is 0 Å². The quantitative estimate of drug-likeness (QED) is 0.619. The highest BCUT2D eigenvalue weighted by molar-refractivity contribution is 6.03. The lowest BCUT2D eigenvalue weighted by Gasteiger charge is -2.11. The Balaban J connectivity index is 1.84. The van der Waals surface area contributed by atoms with Crippen molar-refractivity contribution in [1.29, 1.82) is 0 Å². The fourth-order valence-electron chi connectivity index (χ4n) is 2.82. The van der Waals surface area contributed by atoms with Gasteiger partial charge in [0.2, 0.25) is 5.95 Å². The zero-order valence-electron chi connectivity index (χ0n) is 16.1. The van der Waals surface area contributed by atoms with Crippen LogP contribution in [0.2, 0.25) is 0 Å². The van der Waals surface area contributed by atoms with E-state index >= 15 is 0 Å². The second-order valence-electron chi connectivity index (χ2n) is 6.44. The molecule has 28 heavy (non-hydrogen) atoms. The molecule has 1 heterocycles. The zero-order valence-corrected chi connectivity index (χ0v) is 16.1. The summed E-state index contributed by atoms with van der Waals surface area (Å²) in [5.41, 5.74) is 4.03. The molecule has 3 aromatic rings. The minimum Gasteiger partial charge on any atom is -0.324 e. The Labute approximate surface area is 164 Å². The number of para-hydroxylation sites is 1. The molecule has 0 bridgehead atoms. The van der Waals surface area contributed by atoms with E-state index < -0.39 is 0 Å². The van der Waals surface area contributed by atoms with E-state index in [-0.39, 0.29) is 17.4 Å². The first kappa shape index (κ1) is 19.2. The normalized spacial score (nSPS) is 10.4. The third kappa shape index (κ3) is 4.59. The lowest BCUT2D eigenvalue weighted by atomic mass is 10.1. The van der Waals surface area contributed by atoms with Crippen LogP contribution in [0, 0.1) is 6.92 Å². The molecule has 0 atom stereocenters. The molecule has 0 aliphatic carbocycles. The highest BCUT2D eigenvalue weighted by atomic mass is 16.2. The van der Waals surface area contributed by atoms with Crippen LogP contribution in [0.15, 0.2) is 54.6 Å². The van der Waals surface area contributed by atoms with Crippen LogP contribution >= 0.6 is 0 Å². The van der Waals surface area contributed by atoms with Gasteiger partial charge in [-0.05, 0) is 50.1 Å². The van der Waals surface area contributed by atoms with Gasteiger partial charge in [0.05, 0.1) is 0 Å². The van der Waals surface area contributed by atoms with Gasteiger partial charge in [0.25, 0.3) is 5.91 Å². The average molecular weight is 374 g/mol. The maximum absolute atomic E-state index is 12.7. The van der Waals surface area contributed by atoms with Crippen molar-refractivity contribution in [3.8, 4) is 0 Å². The molecule has 3 rings (SSSR count). The minimum atomic E-state index is -0.299. The van der Waals surface area contributed by atoms with Crippen LogP contribution in [0.1, 0.15) is 46.0 Å². The van der Waals surface area contributed by atoms with E-state index in [0.717, 1.165) is 17.7 Å². The van der Waals surface area contributed by atoms with Crippen LogP contribution in [-0.2, 0) is 6.42 Å². The van der Waals surface area contributed by atoms with Crippen LogP contribution in [0.5, 0.6) is 0 Å². The van der Waals surface area contributed by atoms with Crippen molar-refractivity contribution in [2.24, 2.45) is 0 Å². The maximum Gasteiger partial charge on any atom is 0.274 e. The fraction of sp³-hybridized carbons (Fsp3) is 0.182. The minimum absolute atomic E-state index is 0.0246. The molecule has 2 aromatic carbocycles. The molecule has 1 aromatic heterocycles. The van der Waals surface area contributed by atoms with Gasteiger partial charge in [-0.3, -0.25) is 9.59 Å². The number of Topliss-reactive ketones (excluding diaryl/α,β-unsaturated/α-hetero) is 1. The Morgan fingerprint density at radius 1 is 1.00 bits per heavy atom. The molecule has 142 valence electrons. The maximum atomic E-state index is 12.7. The van der Waals surface area contributed by atoms with Gasteiger partial charge in [0.15, 0.2) is 5.78 Å². The summed E-state index contributed by atoms with van der Waals surface area (Å²) in [7, 11) is 0. The van der Waals surface area contributed by atoms with Crippen LogP contribution < -0.4 is 10.6 Å². The molecule has 0 unspecified atom stereocenters. The molecule has 6 heteroatoms. The molecule has 0 aliphatic heterocycles. The monoisotopic (exact) mass is 374 g/mol. The van der Waals surface area contributed by atoms with Crippen molar-refractivity contribution in [2.75, 3.05) is 10.6 Å². The van der Waals surface area contributed by atoms with E-state index in [0.29, 0.717) is 22.9 Å². The van der Waals surface area contributed by atoms with Crippen LogP contribution in [0.25, 0.3) is 0 Å². The summed E-state index contributed by atoms with van der Waals surface area (Å²) >= 11 is 0. The number of amides is 1. The van der Waals surface area contributed by atoms with E-state index in [1.807, 2.05) is 37.3 Å². The van der Waals surface area contributed by atoms with Gasteiger partial charge >= 0.3 is 0 Å². The summed E-state index contributed by atoms with van der Waals surface area (Å²) in [6.45, 7) is 5.35. The van der Waals surface area contributed by atoms with Crippen LogP contribution in [-0.4, -0.2) is 21.7 Å². The Morgan fingerprint density at radius 3 is 2.54 bits per heavy atom. The first-order valence-electron chi connectivity index (χ1n) is 9.09. The number of benzene rings is 2. The molecule has 6 nitrogen and oxygen atoms in total. The third-order valence-electron chi connectivity index (χ3n) is 4.26. The highest BCUT2D eigenvalue weighted by Crippen LogP contribution is 2.19. The zero-order chi connectivity index (χ0) is 20.1. The second kappa shape index (κ2) is 8.43. The summed E-state index contributed by atoms with van der Waals surface area (Å²) in [6, 6.07) is 16.4. The number of carbonyl (C=O) groups excluding carboxylic acids is 2. The molecule has 0 aliphatic rings. The van der Waals surface area contributed by atoms with Crippen molar-refractivity contribution in [2.45, 2.75) is 27.2 Å². The van der Waals surface area contributed by atoms with Gasteiger partial charge in [-0.2, -0.15) is 0 Å². The van der Waals surface area contributed by atoms with Crippen LogP contribution in [0.3, 0.4) is 0 Å². The van der Waals surface area contributed by atoms with Gasteiger partial charge in [-0.15, -0.1) is 0 Å². The van der Waals surface area contributed by atoms with Gasteiger partial charge in [0, 0.05) is 22.6 Å². The SMILES string of the molecule is CCc1ccccc1NC(=O)c1cc(C)nc(Nc2cccc(C(C)=O)c2)n1. The second-order valence-corrected chi connectivity index (χ2v) is 6.44.